The lowest BCUT2D eigenvalue weighted by atomic mass is 10.2. The van der Waals surface area contributed by atoms with E-state index in [1.807, 2.05) is 6.92 Å². The molecule has 0 bridgehead atoms. The third-order valence-electron chi connectivity index (χ3n) is 2.23. The zero-order valence-electron chi connectivity index (χ0n) is 8.94. The molecule has 0 saturated carbocycles. The molecule has 16 heavy (non-hydrogen) atoms. The molecule has 0 fully saturated rings. The number of hydrogen-bond acceptors (Lipinski definition) is 3. The van der Waals surface area contributed by atoms with Crippen LogP contribution in [0, 0.1) is 6.92 Å². The fraction of sp³-hybridized carbons (Fsp3) is 0.182. The first kappa shape index (κ1) is 10.8. The number of ketones is 1. The second-order valence-corrected chi connectivity index (χ2v) is 3.90. The summed E-state index contributed by atoms with van der Waals surface area (Å²) in [6, 6.07) is 1.73. The molecule has 0 saturated heterocycles. The molecule has 4 nitrogen and oxygen atoms in total. The topological polar surface area (TPSA) is 47.8 Å². The fourth-order valence-electron chi connectivity index (χ4n) is 1.32. The highest BCUT2D eigenvalue weighted by molar-refractivity contribution is 6.31. The highest BCUT2D eigenvalue weighted by Gasteiger charge is 2.06. The van der Waals surface area contributed by atoms with E-state index < -0.39 is 0 Å². The van der Waals surface area contributed by atoms with Crippen LogP contribution < -0.4 is 0 Å². The Bertz CT molecular complexity index is 528. The van der Waals surface area contributed by atoms with Gasteiger partial charge in [-0.05, 0) is 19.9 Å². The zero-order valence-corrected chi connectivity index (χ0v) is 9.69. The zero-order chi connectivity index (χ0) is 11.7. The number of hydrogen-bond donors (Lipinski definition) is 0. The molecule has 2 heterocycles. The normalized spacial score (nSPS) is 10.4. The van der Waals surface area contributed by atoms with Crippen LogP contribution in [0.25, 0.3) is 5.69 Å². The fourth-order valence-corrected chi connectivity index (χ4v) is 1.45. The molecule has 0 aromatic carbocycles. The first-order valence-electron chi connectivity index (χ1n) is 4.76. The van der Waals surface area contributed by atoms with Gasteiger partial charge in [0.15, 0.2) is 5.78 Å². The molecule has 0 amide bonds. The molecular weight excluding hydrogens is 226 g/mol. The van der Waals surface area contributed by atoms with Crippen LogP contribution in [0.1, 0.15) is 23.0 Å². The molecule has 0 spiro atoms. The lowest BCUT2D eigenvalue weighted by Gasteiger charge is -2.01. The molecule has 82 valence electrons. The average molecular weight is 236 g/mol. The van der Waals surface area contributed by atoms with Gasteiger partial charge in [0.2, 0.25) is 0 Å². The molecule has 0 atom stereocenters. The Balaban J connectivity index is 2.48. The number of Topliss-reactive ketones (excluding diaryl/α,β-unsaturated/α-hetero) is 1. The van der Waals surface area contributed by atoms with Crippen LogP contribution in [-0.4, -0.2) is 20.5 Å². The van der Waals surface area contributed by atoms with Gasteiger partial charge >= 0.3 is 0 Å². The summed E-state index contributed by atoms with van der Waals surface area (Å²) in [5.41, 5.74) is 2.03. The first-order chi connectivity index (χ1) is 7.58. The maximum absolute atomic E-state index is 11.2. The summed E-state index contributed by atoms with van der Waals surface area (Å²) in [5, 5.41) is 4.81. The predicted octanol–water partition coefficient (Wildman–Crippen LogP) is 2.43. The Labute approximate surface area is 97.9 Å². The lowest BCUT2D eigenvalue weighted by molar-refractivity contribution is 0.101. The molecule has 5 heteroatoms. The van der Waals surface area contributed by atoms with Gasteiger partial charge in [-0.2, -0.15) is 5.10 Å². The maximum Gasteiger partial charge on any atom is 0.161 e. The van der Waals surface area contributed by atoms with Gasteiger partial charge in [0.1, 0.15) is 0 Å². The molecule has 0 N–H and O–H groups in total. The first-order valence-corrected chi connectivity index (χ1v) is 5.14. The largest absolute Gasteiger partial charge is 0.294 e. The number of carbonyl (C=O) groups is 1. The summed E-state index contributed by atoms with van der Waals surface area (Å²) in [6.07, 6.45) is 4.86. The van der Waals surface area contributed by atoms with Crippen molar-refractivity contribution >= 4 is 17.4 Å². The van der Waals surface area contributed by atoms with Crippen LogP contribution >= 0.6 is 11.6 Å². The van der Waals surface area contributed by atoms with Gasteiger partial charge in [0, 0.05) is 18.0 Å². The highest BCUT2D eigenvalue weighted by atomic mass is 35.5. The van der Waals surface area contributed by atoms with Crippen molar-refractivity contribution in [3.8, 4) is 5.69 Å². The summed E-state index contributed by atoms with van der Waals surface area (Å²) in [7, 11) is 0. The summed E-state index contributed by atoms with van der Waals surface area (Å²) in [5.74, 6) is -0.0238. The molecule has 0 unspecified atom stereocenters. The minimum atomic E-state index is -0.0238. The van der Waals surface area contributed by atoms with Crippen molar-refractivity contribution in [1.82, 2.24) is 14.8 Å². The third-order valence-corrected chi connectivity index (χ3v) is 2.60. The quantitative estimate of drug-likeness (QED) is 0.751. The highest BCUT2D eigenvalue weighted by Crippen LogP contribution is 2.16. The van der Waals surface area contributed by atoms with E-state index in [0.717, 1.165) is 11.4 Å². The van der Waals surface area contributed by atoms with Crippen LogP contribution in [0.4, 0.5) is 0 Å². The van der Waals surface area contributed by atoms with E-state index in [1.54, 1.807) is 23.1 Å². The standard InChI is InChI=1S/C11H10ClN3O/c1-7-11(12)6-15(14-7)10-3-9(8(2)16)4-13-5-10/h3-6H,1-2H3. The van der Waals surface area contributed by atoms with Crippen LogP contribution in [-0.2, 0) is 0 Å². The molecule has 0 radical (unpaired) electrons. The van der Waals surface area contributed by atoms with Gasteiger partial charge in [-0.15, -0.1) is 0 Å². The Morgan fingerprint density at radius 3 is 2.75 bits per heavy atom. The van der Waals surface area contributed by atoms with Crippen LogP contribution in [0.3, 0.4) is 0 Å². The number of nitrogens with zero attached hydrogens (tertiary/aromatic N) is 3. The molecule has 2 rings (SSSR count). The number of carbonyl (C=O) groups excluding carboxylic acids is 1. The Morgan fingerprint density at radius 2 is 2.19 bits per heavy atom. The second-order valence-electron chi connectivity index (χ2n) is 3.50. The Morgan fingerprint density at radius 1 is 1.44 bits per heavy atom. The number of aryl methyl sites for hydroxylation is 1. The van der Waals surface area contributed by atoms with Crippen molar-refractivity contribution in [1.29, 1.82) is 0 Å². The van der Waals surface area contributed by atoms with E-state index >= 15 is 0 Å². The molecule has 2 aromatic heterocycles. The Hall–Kier alpha value is -1.68. The van der Waals surface area contributed by atoms with E-state index in [4.69, 9.17) is 11.6 Å². The monoisotopic (exact) mass is 235 g/mol. The summed E-state index contributed by atoms with van der Waals surface area (Å²) >= 11 is 5.91. The van der Waals surface area contributed by atoms with Gasteiger partial charge in [-0.1, -0.05) is 11.6 Å². The molecule has 0 aliphatic carbocycles. The summed E-state index contributed by atoms with van der Waals surface area (Å²) in [6.45, 7) is 3.32. The average Bonchev–Trinajstić information content (AvgIpc) is 2.59. The summed E-state index contributed by atoms with van der Waals surface area (Å²) < 4.78 is 1.61. The molecule has 0 aliphatic heterocycles. The van der Waals surface area contributed by atoms with Gasteiger partial charge in [0.25, 0.3) is 0 Å². The summed E-state index contributed by atoms with van der Waals surface area (Å²) in [4.78, 5) is 15.2. The number of aromatic nitrogens is 3. The van der Waals surface area contributed by atoms with Gasteiger partial charge in [0.05, 0.1) is 22.6 Å². The van der Waals surface area contributed by atoms with E-state index in [-0.39, 0.29) is 5.78 Å². The minimum Gasteiger partial charge on any atom is -0.294 e. The SMILES string of the molecule is CC(=O)c1cncc(-n2cc(Cl)c(C)n2)c1. The van der Waals surface area contributed by atoms with Crippen molar-refractivity contribution < 1.29 is 4.79 Å². The van der Waals surface area contributed by atoms with Gasteiger partial charge in [-0.3, -0.25) is 9.78 Å². The van der Waals surface area contributed by atoms with Gasteiger partial charge < -0.3 is 0 Å². The van der Waals surface area contributed by atoms with Gasteiger partial charge in [-0.25, -0.2) is 4.68 Å². The molecule has 2 aromatic rings. The van der Waals surface area contributed by atoms with Crippen LogP contribution in [0.5, 0.6) is 0 Å². The van der Waals surface area contributed by atoms with E-state index in [2.05, 4.69) is 10.1 Å². The smallest absolute Gasteiger partial charge is 0.161 e. The van der Waals surface area contributed by atoms with Crippen molar-refractivity contribution in [2.24, 2.45) is 0 Å². The van der Waals surface area contributed by atoms with Crippen LogP contribution in [0.15, 0.2) is 24.7 Å². The third kappa shape index (κ3) is 1.97. The molecule has 0 aliphatic rings. The van der Waals surface area contributed by atoms with Crippen LogP contribution in [0.2, 0.25) is 5.02 Å². The van der Waals surface area contributed by atoms with Crippen molar-refractivity contribution in [3.05, 3.63) is 40.9 Å². The van der Waals surface area contributed by atoms with Crippen molar-refractivity contribution in [2.45, 2.75) is 13.8 Å². The maximum atomic E-state index is 11.2. The predicted molar refractivity (Wildman–Crippen MR) is 61.1 cm³/mol. The van der Waals surface area contributed by atoms with E-state index in [9.17, 15) is 4.79 Å². The van der Waals surface area contributed by atoms with Crippen molar-refractivity contribution in [2.75, 3.05) is 0 Å². The number of rotatable bonds is 2. The molecular formula is C11H10ClN3O. The minimum absolute atomic E-state index is 0.0238. The number of pyridine rings is 1. The van der Waals surface area contributed by atoms with E-state index in [0.29, 0.717) is 10.6 Å². The lowest BCUT2D eigenvalue weighted by Crippen LogP contribution is -2.00. The second kappa shape index (κ2) is 4.06. The Kier molecular flexibility index (Phi) is 2.75. The van der Waals surface area contributed by atoms with Crippen molar-refractivity contribution in [3.63, 3.8) is 0 Å². The number of halogens is 1. The van der Waals surface area contributed by atoms with E-state index in [1.165, 1.54) is 13.1 Å².